The van der Waals surface area contributed by atoms with Gasteiger partial charge >= 0.3 is 0 Å². The second kappa shape index (κ2) is 11.6. The van der Waals surface area contributed by atoms with Crippen LogP contribution in [0.25, 0.3) is 0 Å². The average molecular weight is 448 g/mol. The Balaban J connectivity index is 0.00000288. The lowest BCUT2D eigenvalue weighted by molar-refractivity contribution is 0.191. The van der Waals surface area contributed by atoms with E-state index >= 15 is 0 Å². The normalized spacial score (nSPS) is 16.5. The summed E-state index contributed by atoms with van der Waals surface area (Å²) >= 11 is 0. The Hall–Kier alpha value is -0.890. The largest absolute Gasteiger partial charge is 0.356 e. The van der Waals surface area contributed by atoms with E-state index in [1.54, 1.807) is 19.2 Å². The highest BCUT2D eigenvalue weighted by atomic mass is 127. The van der Waals surface area contributed by atoms with Crippen LogP contribution in [0.3, 0.4) is 0 Å². The SMILES string of the molecule is CN=C(NCCCN1CCC(C)CC1)NCc1ccc(F)cc1.I. The van der Waals surface area contributed by atoms with Crippen LogP contribution in [-0.2, 0) is 6.54 Å². The van der Waals surface area contributed by atoms with Crippen LogP contribution in [-0.4, -0.2) is 44.1 Å². The minimum Gasteiger partial charge on any atom is -0.356 e. The van der Waals surface area contributed by atoms with Crippen molar-refractivity contribution in [3.63, 3.8) is 0 Å². The summed E-state index contributed by atoms with van der Waals surface area (Å²) < 4.78 is 12.9. The van der Waals surface area contributed by atoms with Gasteiger partial charge in [-0.2, -0.15) is 0 Å². The zero-order chi connectivity index (χ0) is 16.5. The third kappa shape index (κ3) is 7.79. The quantitative estimate of drug-likeness (QED) is 0.304. The van der Waals surface area contributed by atoms with Crippen LogP contribution in [0.15, 0.2) is 29.3 Å². The Kier molecular flexibility index (Phi) is 10.2. The van der Waals surface area contributed by atoms with Crippen LogP contribution in [0, 0.1) is 11.7 Å². The highest BCUT2D eigenvalue weighted by Gasteiger charge is 2.14. The van der Waals surface area contributed by atoms with E-state index in [-0.39, 0.29) is 29.8 Å². The molecule has 0 aliphatic carbocycles. The van der Waals surface area contributed by atoms with Crippen molar-refractivity contribution in [3.8, 4) is 0 Å². The molecule has 0 atom stereocenters. The van der Waals surface area contributed by atoms with E-state index in [1.165, 1.54) is 38.1 Å². The summed E-state index contributed by atoms with van der Waals surface area (Å²) in [5.41, 5.74) is 1.04. The molecule has 1 aliphatic rings. The van der Waals surface area contributed by atoms with Crippen molar-refractivity contribution in [1.82, 2.24) is 15.5 Å². The Bertz CT molecular complexity index is 484. The molecule has 1 heterocycles. The zero-order valence-electron chi connectivity index (χ0n) is 14.7. The summed E-state index contributed by atoms with van der Waals surface area (Å²) in [6.45, 7) is 7.51. The van der Waals surface area contributed by atoms with Crippen molar-refractivity contribution >= 4 is 29.9 Å². The molecule has 2 rings (SSSR count). The van der Waals surface area contributed by atoms with Gasteiger partial charge in [0.25, 0.3) is 0 Å². The van der Waals surface area contributed by atoms with Crippen LogP contribution >= 0.6 is 24.0 Å². The molecular formula is C18H30FIN4. The molecule has 24 heavy (non-hydrogen) atoms. The summed E-state index contributed by atoms with van der Waals surface area (Å²) in [5, 5.41) is 6.59. The smallest absolute Gasteiger partial charge is 0.191 e. The van der Waals surface area contributed by atoms with E-state index in [9.17, 15) is 4.39 Å². The van der Waals surface area contributed by atoms with Gasteiger partial charge in [0.15, 0.2) is 5.96 Å². The maximum Gasteiger partial charge on any atom is 0.191 e. The minimum absolute atomic E-state index is 0. The molecule has 0 bridgehead atoms. The van der Waals surface area contributed by atoms with E-state index in [4.69, 9.17) is 0 Å². The fourth-order valence-electron chi connectivity index (χ4n) is 2.80. The van der Waals surface area contributed by atoms with Gasteiger partial charge in [-0.05, 0) is 62.5 Å². The van der Waals surface area contributed by atoms with E-state index < -0.39 is 0 Å². The van der Waals surface area contributed by atoms with Crippen LogP contribution in [0.2, 0.25) is 0 Å². The molecule has 1 aliphatic heterocycles. The molecule has 136 valence electrons. The topological polar surface area (TPSA) is 39.7 Å². The van der Waals surface area contributed by atoms with Crippen LogP contribution in [0.4, 0.5) is 4.39 Å². The second-order valence-corrected chi connectivity index (χ2v) is 6.36. The number of nitrogens with zero attached hydrogens (tertiary/aromatic N) is 2. The Morgan fingerprint density at radius 1 is 1.21 bits per heavy atom. The highest BCUT2D eigenvalue weighted by Crippen LogP contribution is 2.15. The van der Waals surface area contributed by atoms with E-state index in [2.05, 4.69) is 27.4 Å². The molecule has 1 saturated heterocycles. The number of halogens is 2. The number of likely N-dealkylation sites (tertiary alicyclic amines) is 1. The van der Waals surface area contributed by atoms with Crippen molar-refractivity contribution in [3.05, 3.63) is 35.6 Å². The zero-order valence-corrected chi connectivity index (χ0v) is 17.1. The standard InChI is InChI=1S/C18H29FN4.HI/c1-15-8-12-23(13-9-15)11-3-10-21-18(20-2)22-14-16-4-6-17(19)7-5-16;/h4-7,15H,3,8-14H2,1-2H3,(H2,20,21,22);1H. The molecule has 0 amide bonds. The summed E-state index contributed by atoms with van der Waals surface area (Å²) in [5.74, 6) is 1.48. The van der Waals surface area contributed by atoms with Gasteiger partial charge < -0.3 is 15.5 Å². The predicted octanol–water partition coefficient (Wildman–Crippen LogP) is 3.23. The van der Waals surface area contributed by atoms with E-state index in [0.29, 0.717) is 6.54 Å². The van der Waals surface area contributed by atoms with Crippen molar-refractivity contribution in [2.24, 2.45) is 10.9 Å². The molecular weight excluding hydrogens is 418 g/mol. The maximum atomic E-state index is 12.9. The molecule has 1 fully saturated rings. The summed E-state index contributed by atoms with van der Waals surface area (Å²) in [7, 11) is 1.77. The molecule has 0 unspecified atom stereocenters. The lowest BCUT2D eigenvalue weighted by Gasteiger charge is -2.30. The molecule has 0 radical (unpaired) electrons. The first-order chi connectivity index (χ1) is 11.2. The van der Waals surface area contributed by atoms with Gasteiger partial charge in [0.05, 0.1) is 0 Å². The van der Waals surface area contributed by atoms with Crippen LogP contribution < -0.4 is 10.6 Å². The van der Waals surface area contributed by atoms with Crippen LogP contribution in [0.1, 0.15) is 31.7 Å². The second-order valence-electron chi connectivity index (χ2n) is 6.36. The molecule has 6 heteroatoms. The van der Waals surface area contributed by atoms with Gasteiger partial charge in [-0.25, -0.2) is 4.39 Å². The Labute approximate surface area is 162 Å². The first-order valence-corrected chi connectivity index (χ1v) is 8.58. The molecule has 1 aromatic carbocycles. The van der Waals surface area contributed by atoms with Gasteiger partial charge in [-0.15, -0.1) is 24.0 Å². The first kappa shape index (κ1) is 21.2. The molecule has 2 N–H and O–H groups in total. The Morgan fingerprint density at radius 3 is 2.50 bits per heavy atom. The molecule has 0 saturated carbocycles. The maximum absolute atomic E-state index is 12.9. The monoisotopic (exact) mass is 448 g/mol. The number of benzene rings is 1. The number of hydrogen-bond acceptors (Lipinski definition) is 2. The van der Waals surface area contributed by atoms with Gasteiger partial charge in [-0.1, -0.05) is 19.1 Å². The van der Waals surface area contributed by atoms with Crippen molar-refractivity contribution in [2.75, 3.05) is 33.2 Å². The average Bonchev–Trinajstić information content (AvgIpc) is 2.57. The number of aliphatic imine (C=N–C) groups is 1. The Morgan fingerprint density at radius 2 is 1.88 bits per heavy atom. The third-order valence-corrected chi connectivity index (χ3v) is 4.42. The molecule has 0 aromatic heterocycles. The number of nitrogens with one attached hydrogen (secondary N) is 2. The lowest BCUT2D eigenvalue weighted by Crippen LogP contribution is -2.39. The summed E-state index contributed by atoms with van der Waals surface area (Å²) in [4.78, 5) is 6.77. The van der Waals surface area contributed by atoms with Crippen LogP contribution in [0.5, 0.6) is 0 Å². The van der Waals surface area contributed by atoms with Gasteiger partial charge in [0.1, 0.15) is 5.82 Å². The van der Waals surface area contributed by atoms with Gasteiger partial charge in [0.2, 0.25) is 0 Å². The predicted molar refractivity (Wildman–Crippen MR) is 109 cm³/mol. The molecule has 1 aromatic rings. The highest BCUT2D eigenvalue weighted by molar-refractivity contribution is 14.0. The third-order valence-electron chi connectivity index (χ3n) is 4.42. The van der Waals surface area contributed by atoms with Gasteiger partial charge in [0, 0.05) is 20.1 Å². The summed E-state index contributed by atoms with van der Waals surface area (Å²) in [6.07, 6.45) is 3.77. The number of piperidine rings is 1. The van der Waals surface area contributed by atoms with Crippen molar-refractivity contribution in [2.45, 2.75) is 32.7 Å². The molecule has 4 nitrogen and oxygen atoms in total. The number of rotatable bonds is 6. The number of hydrogen-bond donors (Lipinski definition) is 2. The fourth-order valence-corrected chi connectivity index (χ4v) is 2.80. The lowest BCUT2D eigenvalue weighted by atomic mass is 9.99. The fraction of sp³-hybridized carbons (Fsp3) is 0.611. The van der Waals surface area contributed by atoms with Crippen molar-refractivity contribution in [1.29, 1.82) is 0 Å². The first-order valence-electron chi connectivity index (χ1n) is 8.58. The minimum atomic E-state index is -0.205. The van der Waals surface area contributed by atoms with E-state index in [0.717, 1.165) is 37.0 Å². The van der Waals surface area contributed by atoms with Gasteiger partial charge in [-0.3, -0.25) is 4.99 Å². The summed E-state index contributed by atoms with van der Waals surface area (Å²) in [6, 6.07) is 6.53. The van der Waals surface area contributed by atoms with Crippen molar-refractivity contribution < 1.29 is 4.39 Å². The van der Waals surface area contributed by atoms with E-state index in [1.807, 2.05) is 0 Å². The number of guanidine groups is 1. The molecule has 0 spiro atoms.